The second-order valence-corrected chi connectivity index (χ2v) is 3.35. The fraction of sp³-hybridized carbons (Fsp3) is 0. The average molecular weight is 315 g/mol. The Kier molecular flexibility index (Phi) is 5.31. The number of aliphatic carboxylic acids is 1. The van der Waals surface area contributed by atoms with Crippen molar-refractivity contribution in [1.29, 1.82) is 0 Å². The molecule has 8 heteroatoms. The van der Waals surface area contributed by atoms with Crippen molar-refractivity contribution in [2.45, 2.75) is 0 Å². The number of carboxylic acid groups (broad SMARTS) is 1. The number of amides is 2. The molecule has 0 saturated carbocycles. The van der Waals surface area contributed by atoms with E-state index in [-0.39, 0.29) is 8.96 Å². The number of primary amides is 1. The number of halogens is 2. The summed E-state index contributed by atoms with van der Waals surface area (Å²) in [5, 5.41) is 11.8. The van der Waals surface area contributed by atoms with Gasteiger partial charge < -0.3 is 10.8 Å². The van der Waals surface area contributed by atoms with E-state index in [9.17, 15) is 9.59 Å². The van der Waals surface area contributed by atoms with Crippen molar-refractivity contribution in [3.05, 3.63) is 8.96 Å². The largest absolute Gasteiger partial charge is 0.477 e. The third-order valence-electron chi connectivity index (χ3n) is 0.750. The molecule has 0 radical (unpaired) electrons. The number of urea groups is 1. The van der Waals surface area contributed by atoms with E-state index in [1.54, 1.807) is 0 Å². The van der Waals surface area contributed by atoms with E-state index in [0.717, 1.165) is 6.21 Å². The van der Waals surface area contributed by atoms with Gasteiger partial charge in [-0.1, -0.05) is 0 Å². The molecule has 0 spiro atoms. The topological polar surface area (TPSA) is 105 Å². The lowest BCUT2D eigenvalue weighted by Gasteiger charge is -1.93. The first-order valence-corrected chi connectivity index (χ1v) is 4.40. The molecule has 0 rings (SSSR count). The second-order valence-electron chi connectivity index (χ2n) is 1.70. The summed E-state index contributed by atoms with van der Waals surface area (Å²) >= 11 is 5.68. The Morgan fingerprint density at radius 1 is 1.46 bits per heavy atom. The highest BCUT2D eigenvalue weighted by molar-refractivity contribution is 9.14. The first-order valence-electron chi connectivity index (χ1n) is 2.82. The van der Waals surface area contributed by atoms with Gasteiger partial charge in [-0.25, -0.2) is 15.0 Å². The van der Waals surface area contributed by atoms with Crippen LogP contribution in [0.1, 0.15) is 0 Å². The minimum absolute atomic E-state index is 0.109. The Balaban J connectivity index is 4.36. The van der Waals surface area contributed by atoms with Crippen LogP contribution in [0.5, 0.6) is 0 Å². The summed E-state index contributed by atoms with van der Waals surface area (Å²) in [5.41, 5.74) is 6.59. The van der Waals surface area contributed by atoms with Crippen LogP contribution in [0.2, 0.25) is 0 Å². The van der Waals surface area contributed by atoms with Gasteiger partial charge in [0.05, 0.1) is 10.7 Å². The molecule has 0 aliphatic carbocycles. The molecule has 13 heavy (non-hydrogen) atoms. The summed E-state index contributed by atoms with van der Waals surface area (Å²) in [4.78, 5) is 20.5. The maximum absolute atomic E-state index is 10.3. The first kappa shape index (κ1) is 12.1. The van der Waals surface area contributed by atoms with E-state index in [0.29, 0.717) is 0 Å². The molecule has 0 unspecified atom stereocenters. The maximum Gasteiger partial charge on any atom is 0.344 e. The van der Waals surface area contributed by atoms with Crippen molar-refractivity contribution in [1.82, 2.24) is 5.43 Å². The lowest BCUT2D eigenvalue weighted by molar-refractivity contribution is -0.131. The molecule has 0 fully saturated rings. The van der Waals surface area contributed by atoms with Gasteiger partial charge in [-0.05, 0) is 31.9 Å². The van der Waals surface area contributed by atoms with Gasteiger partial charge >= 0.3 is 12.0 Å². The standard InChI is InChI=1S/C5H5Br2N3O3/c6-2(3(7)4(11)12)1-9-10-5(8)13/h1H,(H,11,12)(H3,8,10,13)/b3-2-,9-1-. The van der Waals surface area contributed by atoms with Gasteiger partial charge in [-0.15, -0.1) is 0 Å². The lowest BCUT2D eigenvalue weighted by Crippen LogP contribution is -2.24. The number of allylic oxidation sites excluding steroid dienone is 1. The monoisotopic (exact) mass is 313 g/mol. The van der Waals surface area contributed by atoms with Crippen molar-refractivity contribution >= 4 is 50.1 Å². The van der Waals surface area contributed by atoms with Crippen molar-refractivity contribution in [2.75, 3.05) is 0 Å². The molecule has 0 saturated heterocycles. The molecule has 72 valence electrons. The Bertz CT molecular complexity index is 287. The number of carbonyl (C=O) groups excluding carboxylic acids is 1. The van der Waals surface area contributed by atoms with Gasteiger partial charge in [-0.3, -0.25) is 0 Å². The van der Waals surface area contributed by atoms with Gasteiger partial charge in [0.15, 0.2) is 0 Å². The van der Waals surface area contributed by atoms with Gasteiger partial charge in [0.1, 0.15) is 4.48 Å². The highest BCUT2D eigenvalue weighted by atomic mass is 79.9. The zero-order valence-corrected chi connectivity index (χ0v) is 9.29. The third kappa shape index (κ3) is 5.36. The van der Waals surface area contributed by atoms with Crippen LogP contribution >= 0.6 is 31.9 Å². The van der Waals surface area contributed by atoms with Crippen molar-refractivity contribution in [3.8, 4) is 0 Å². The predicted octanol–water partition coefficient (Wildman–Crippen LogP) is 0.727. The first-order chi connectivity index (χ1) is 5.95. The van der Waals surface area contributed by atoms with Crippen LogP contribution in [0.3, 0.4) is 0 Å². The molecule has 0 atom stereocenters. The fourth-order valence-corrected chi connectivity index (χ4v) is 0.686. The maximum atomic E-state index is 10.3. The minimum Gasteiger partial charge on any atom is -0.477 e. The molecular weight excluding hydrogens is 310 g/mol. The zero-order valence-electron chi connectivity index (χ0n) is 6.12. The third-order valence-corrected chi connectivity index (χ3v) is 2.65. The molecule has 2 amide bonds. The molecule has 0 aliphatic heterocycles. The summed E-state index contributed by atoms with van der Waals surface area (Å²) in [7, 11) is 0. The van der Waals surface area contributed by atoms with Gasteiger partial charge in [-0.2, -0.15) is 5.10 Å². The van der Waals surface area contributed by atoms with Crippen LogP contribution < -0.4 is 11.2 Å². The molecule has 0 aliphatic rings. The average Bonchev–Trinajstić information content (AvgIpc) is 2.02. The van der Waals surface area contributed by atoms with Crippen LogP contribution in [0, 0.1) is 0 Å². The van der Waals surface area contributed by atoms with Crippen LogP contribution in [-0.2, 0) is 4.79 Å². The molecule has 0 bridgehead atoms. The zero-order chi connectivity index (χ0) is 10.4. The van der Waals surface area contributed by atoms with E-state index >= 15 is 0 Å². The number of hydrogen-bond acceptors (Lipinski definition) is 3. The lowest BCUT2D eigenvalue weighted by atomic mass is 10.5. The van der Waals surface area contributed by atoms with Gasteiger partial charge in [0.25, 0.3) is 0 Å². The number of rotatable bonds is 3. The number of nitrogens with one attached hydrogen (secondary N) is 1. The van der Waals surface area contributed by atoms with Crippen molar-refractivity contribution < 1.29 is 14.7 Å². The molecule has 4 N–H and O–H groups in total. The van der Waals surface area contributed by atoms with Crippen LogP contribution in [0.4, 0.5) is 4.79 Å². The summed E-state index contributed by atoms with van der Waals surface area (Å²) in [6.07, 6.45) is 1.09. The van der Waals surface area contributed by atoms with E-state index in [1.165, 1.54) is 0 Å². The minimum atomic E-state index is -1.16. The Labute approximate surface area is 90.1 Å². The van der Waals surface area contributed by atoms with Gasteiger partial charge in [0.2, 0.25) is 0 Å². The van der Waals surface area contributed by atoms with E-state index in [4.69, 9.17) is 10.8 Å². The molecular formula is C5H5Br2N3O3. The summed E-state index contributed by atoms with van der Waals surface area (Å²) in [5.74, 6) is -1.16. The van der Waals surface area contributed by atoms with E-state index in [1.807, 2.05) is 5.43 Å². The Morgan fingerprint density at radius 2 is 2.00 bits per heavy atom. The van der Waals surface area contributed by atoms with Crippen LogP contribution in [0.15, 0.2) is 14.1 Å². The SMILES string of the molecule is NC(=O)N/N=C\C(Br)=C(\Br)C(=O)O. The number of hydrazone groups is 1. The quantitative estimate of drug-likeness (QED) is 0.406. The smallest absolute Gasteiger partial charge is 0.344 e. The van der Waals surface area contributed by atoms with Crippen molar-refractivity contribution in [3.63, 3.8) is 0 Å². The van der Waals surface area contributed by atoms with Gasteiger partial charge in [0, 0.05) is 0 Å². The number of carbonyl (C=O) groups is 2. The molecule has 0 aromatic rings. The van der Waals surface area contributed by atoms with Crippen LogP contribution in [-0.4, -0.2) is 23.3 Å². The summed E-state index contributed by atoms with van der Waals surface area (Å²) < 4.78 is 0.0660. The number of nitrogens with zero attached hydrogens (tertiary/aromatic N) is 1. The molecule has 0 aromatic carbocycles. The fourth-order valence-electron chi connectivity index (χ4n) is 0.311. The summed E-state index contributed by atoms with van der Waals surface area (Å²) in [6, 6.07) is -0.831. The number of nitrogens with two attached hydrogens (primary N) is 1. The number of carboxylic acids is 1. The predicted molar refractivity (Wildman–Crippen MR) is 53.7 cm³/mol. The molecule has 0 heterocycles. The normalized spacial score (nSPS) is 12.5. The Hall–Kier alpha value is -0.890. The highest BCUT2D eigenvalue weighted by Gasteiger charge is 2.06. The van der Waals surface area contributed by atoms with Crippen LogP contribution in [0.25, 0.3) is 0 Å². The molecule has 6 nitrogen and oxygen atoms in total. The number of hydrogen-bond donors (Lipinski definition) is 3. The molecule has 0 aromatic heterocycles. The van der Waals surface area contributed by atoms with E-state index in [2.05, 4.69) is 37.0 Å². The van der Waals surface area contributed by atoms with Crippen molar-refractivity contribution in [2.24, 2.45) is 10.8 Å². The summed E-state index contributed by atoms with van der Waals surface area (Å²) in [6.45, 7) is 0. The van der Waals surface area contributed by atoms with E-state index < -0.39 is 12.0 Å². The Morgan fingerprint density at radius 3 is 2.38 bits per heavy atom. The second kappa shape index (κ2) is 5.70. The highest BCUT2D eigenvalue weighted by Crippen LogP contribution is 2.15.